The number of allylic oxidation sites excluding steroid dienone is 1. The summed E-state index contributed by atoms with van der Waals surface area (Å²) in [5, 5.41) is 8.24. The lowest BCUT2D eigenvalue weighted by Crippen LogP contribution is -2.71. The van der Waals surface area contributed by atoms with Crippen LogP contribution >= 0.6 is 23.8 Å². The number of rotatable bonds is 54. The second kappa shape index (κ2) is 52.6. The first-order valence-electron chi connectivity index (χ1n) is 37.3. The van der Waals surface area contributed by atoms with Gasteiger partial charge in [0.05, 0.1) is 0 Å². The Labute approximate surface area is 726 Å². The van der Waals surface area contributed by atoms with E-state index >= 15 is 0 Å². The van der Waals surface area contributed by atoms with Crippen molar-refractivity contribution in [2.75, 3.05) is 75.4 Å². The maximum atomic E-state index is 12.3. The number of unbranched alkanes of at least 4 members (excludes halogenated alkanes) is 4. The molecule has 4 unspecified atom stereocenters. The number of hydrogen-bond acceptors (Lipinski definition) is 26. The lowest BCUT2D eigenvalue weighted by atomic mass is 10.3. The van der Waals surface area contributed by atoms with Crippen LogP contribution in [-0.2, 0) is 93.0 Å². The molecule has 0 radical (unpaired) electrons. The molecule has 6 rings (SSSR count). The van der Waals surface area contributed by atoms with Crippen LogP contribution in [0.2, 0.25) is 64.5 Å². The van der Waals surface area contributed by atoms with Crippen molar-refractivity contribution in [1.82, 2.24) is 0 Å². The molecule has 118 heavy (non-hydrogen) atoms. The topological polar surface area (TPSA) is 284 Å². The minimum absolute atomic E-state index is 0.269. The highest BCUT2D eigenvalue weighted by Crippen LogP contribution is 2.39. The summed E-state index contributed by atoms with van der Waals surface area (Å²) in [5.74, 6) is 0. The Hall–Kier alpha value is -3.26. The third kappa shape index (κ3) is 36.7. The number of hydrogen-bond donors (Lipinski definition) is 4. The van der Waals surface area contributed by atoms with Gasteiger partial charge < -0.3 is 112 Å². The Morgan fingerprint density at radius 1 is 0.297 bits per heavy atom. The average molecular weight is 1950 g/mol. The van der Waals surface area contributed by atoms with Crippen molar-refractivity contribution < 1.29 is 112 Å². The molecule has 644 valence electrons. The molecule has 0 saturated carbocycles. The second-order valence-corrected chi connectivity index (χ2v) is 73.6. The van der Waals surface area contributed by atoms with Gasteiger partial charge in [-0.3, -0.25) is 0 Å². The molecule has 0 spiro atoms. The highest BCUT2D eigenvalue weighted by molar-refractivity contribution is 7.73. The minimum atomic E-state index is -5.04. The van der Waals surface area contributed by atoms with Crippen LogP contribution < -0.4 is 31.8 Å². The molecule has 0 bridgehead atoms. The summed E-state index contributed by atoms with van der Waals surface area (Å²) in [6.07, 6.45) is 10.8. The molecule has 4 N–H and O–H groups in total. The van der Waals surface area contributed by atoms with Crippen LogP contribution in [-0.4, -0.2) is 237 Å². The quantitative estimate of drug-likeness (QED) is 0.0120. The van der Waals surface area contributed by atoms with Gasteiger partial charge in [0.25, 0.3) is 0 Å². The predicted octanol–water partition coefficient (Wildman–Crippen LogP) is 9.85. The van der Waals surface area contributed by atoms with E-state index in [0.717, 1.165) is 84.4 Å². The van der Waals surface area contributed by atoms with Gasteiger partial charge >= 0.3 is 72.4 Å². The van der Waals surface area contributed by atoms with Gasteiger partial charge in [-0.25, -0.2) is 0 Å². The van der Waals surface area contributed by atoms with Crippen molar-refractivity contribution in [2.24, 2.45) is 0 Å². The molecular weight excluding hydrogens is 1840 g/mol. The largest absolute Gasteiger partial charge is 0.727 e. The van der Waals surface area contributed by atoms with Crippen molar-refractivity contribution in [3.05, 3.63) is 219 Å². The molecule has 45 heteroatoms. The van der Waals surface area contributed by atoms with Gasteiger partial charge in [-0.05, 0) is 151 Å². The molecule has 26 nitrogen and oxygen atoms in total. The zero-order chi connectivity index (χ0) is 87.7. The lowest BCUT2D eigenvalue weighted by molar-refractivity contribution is -0.0214. The average Bonchev–Trinajstić information content (AvgIpc) is 0.778. The van der Waals surface area contributed by atoms with Gasteiger partial charge in [0.2, 0.25) is 53.4 Å². The summed E-state index contributed by atoms with van der Waals surface area (Å²) in [6, 6.07) is 88.7. The first kappa shape index (κ1) is 107. The maximum Gasteiger partial charge on any atom is 0.727 e. The number of benzene rings is 6. The SMILES string of the molecule is C#[Si]O[Si](OC)(O[Si](C)(C)C=C)O[Si@](O)(OC)O[Si](O[Si]#C)(O[Si](C)(C)C=C)O[Si](O)(OC)OC.C#[Si]O[Si](OC)(O[Si](C)(C)CCCCCP(c1ccccc1)c1ccccc1)O[Si@](O)(OC)O[Si](O[Si]#C)(O[Si](C)(C)CCCCCP(c1ccccc1)c1ccccc1)O[Si](O)(OC)OC.C=CCP(c1ccccc1)c1ccccc1. The van der Waals surface area contributed by atoms with Crippen LogP contribution in [0.1, 0.15) is 38.5 Å². The minimum Gasteiger partial charge on any atom is -0.496 e. The molecule has 0 heterocycles. The van der Waals surface area contributed by atoms with E-state index in [9.17, 15) is 19.2 Å². The van der Waals surface area contributed by atoms with Gasteiger partial charge in [0.15, 0.2) is 16.6 Å². The molecule has 6 atom stereocenters. The zero-order valence-electron chi connectivity index (χ0n) is 70.4. The molecule has 0 saturated heterocycles. The Morgan fingerprint density at radius 2 is 0.525 bits per heavy atom. The summed E-state index contributed by atoms with van der Waals surface area (Å²) in [7, 11) is -42.4. The predicted molar refractivity (Wildman–Crippen MR) is 499 cm³/mol. The van der Waals surface area contributed by atoms with Gasteiger partial charge in [0.1, 0.15) is 0 Å². The van der Waals surface area contributed by atoms with Crippen LogP contribution in [0.5, 0.6) is 0 Å². The highest BCUT2D eigenvalue weighted by Gasteiger charge is 2.72. The lowest BCUT2D eigenvalue weighted by Gasteiger charge is -2.40. The molecule has 0 aliphatic heterocycles. The maximum absolute atomic E-state index is 12.3. The Bertz CT molecular complexity index is 3970. The summed E-state index contributed by atoms with van der Waals surface area (Å²) in [6.45, 7) is 26.4. The van der Waals surface area contributed by atoms with Crippen molar-refractivity contribution in [3.63, 3.8) is 0 Å². The summed E-state index contributed by atoms with van der Waals surface area (Å²) in [4.78, 5) is 45.6. The normalized spacial score (nSPS) is 15.1. The monoisotopic (exact) mass is 1950 g/mol. The second-order valence-electron chi connectivity index (χ2n) is 27.6. The van der Waals surface area contributed by atoms with Gasteiger partial charge in [-0.1, -0.05) is 225 Å². The first-order chi connectivity index (χ1) is 56.0. The Kier molecular flexibility index (Phi) is 47.8. The van der Waals surface area contributed by atoms with Crippen molar-refractivity contribution in [2.45, 2.75) is 103 Å². The fraction of sp³-hybridized carbons (Fsp3) is 0.370. The van der Waals surface area contributed by atoms with E-state index in [1.165, 1.54) is 73.1 Å². The molecular formula is C73H117O26P3Si16. The standard InChI is InChI=1S/C44H68O13P2Si8.C15H15P.C14H34O13Si8/c1-47-64(45,48-2)55-67(52-61-6,54-63(9,10)40-28-16-26-38-59(43-33-21-13-22-34-43)44-35-23-14-24-36-44)57-65(46,49-3)56-66(50-4,51-60-5)53-62(7,8)39-27-15-25-37-58(41-29-17-11-18-30-41)42-31-19-12-20-32-42;1-2-13-16(14-9-5-3-6-10-14)15-11-7-4-8-12-15;1-13-30(9,10)23-34(20-6,21-28-7)26-33(16,19-5)27-35(22-29-8,24-31(11,12)14-2)25-32(15,17-3)18-4/h5-6,11-14,17-24,29-36,45-46H,15-16,25-28,37-40H2,1-4,7-10H3;2-12H,1,13H2;7-8,13-16H,1-2H2,3-6,9-12H3/t65-,66?,67?;;33-,34?,35?/m0.0/s1. The zero-order valence-corrected chi connectivity index (χ0v) is 89.1. The van der Waals surface area contributed by atoms with E-state index in [1.54, 1.807) is 31.9 Å². The fourth-order valence-corrected chi connectivity index (χ4v) is 57.7. The van der Waals surface area contributed by atoms with E-state index in [-0.39, 0.29) is 7.92 Å². The van der Waals surface area contributed by atoms with E-state index in [1.807, 2.05) is 44.4 Å². The molecule has 0 aliphatic carbocycles. The summed E-state index contributed by atoms with van der Waals surface area (Å²) < 4.78 is 127. The van der Waals surface area contributed by atoms with Crippen LogP contribution in [0.3, 0.4) is 0 Å². The highest BCUT2D eigenvalue weighted by atomic mass is 31.1. The van der Waals surface area contributed by atoms with E-state index < -0.39 is 158 Å². The molecule has 0 amide bonds. The van der Waals surface area contributed by atoms with Crippen molar-refractivity contribution >= 4 is 198 Å². The van der Waals surface area contributed by atoms with Crippen LogP contribution in [0.15, 0.2) is 219 Å². The molecule has 6 aromatic carbocycles. The van der Waals surface area contributed by atoms with E-state index in [4.69, 9.17) is 117 Å². The third-order valence-electron chi connectivity index (χ3n) is 16.9. The molecule has 0 fully saturated rings. The molecule has 0 aliphatic rings. The van der Waals surface area contributed by atoms with Gasteiger partial charge in [-0.2, -0.15) is 0 Å². The smallest absolute Gasteiger partial charge is 0.496 e. The van der Waals surface area contributed by atoms with Crippen LogP contribution in [0.4, 0.5) is 0 Å². The fourth-order valence-electron chi connectivity index (χ4n) is 10.9. The molecule has 6 aromatic rings. The Balaban J connectivity index is 0.000000472. The molecule has 0 aromatic heterocycles. The van der Waals surface area contributed by atoms with E-state index in [0.29, 0.717) is 6.04 Å². The summed E-state index contributed by atoms with van der Waals surface area (Å²) in [5.41, 5.74) is 3.13. The van der Waals surface area contributed by atoms with E-state index in [2.05, 4.69) is 190 Å². The van der Waals surface area contributed by atoms with Crippen LogP contribution in [0.25, 0.3) is 0 Å². The van der Waals surface area contributed by atoms with Crippen molar-refractivity contribution in [1.29, 1.82) is 0 Å². The third-order valence-corrected chi connectivity index (χ3v) is 64.5. The van der Waals surface area contributed by atoms with Crippen molar-refractivity contribution in [3.8, 4) is 24.0 Å². The Morgan fingerprint density at radius 3 is 0.780 bits per heavy atom. The van der Waals surface area contributed by atoms with Crippen LogP contribution in [0, 0.1) is 24.0 Å². The first-order valence-corrected chi connectivity index (χ1v) is 71.3. The van der Waals surface area contributed by atoms with Gasteiger partial charge in [0, 0.05) is 56.9 Å². The van der Waals surface area contributed by atoms with Gasteiger partial charge in [-0.15, -0.1) is 43.7 Å². The summed E-state index contributed by atoms with van der Waals surface area (Å²) >= 11 is 0.